The molecule has 2 rings (SSSR count). The van der Waals surface area contributed by atoms with Crippen LogP contribution in [0.1, 0.15) is 45.6 Å². The number of nitrogens with one attached hydrogen (secondary N) is 1. The van der Waals surface area contributed by atoms with Gasteiger partial charge in [0.15, 0.2) is 0 Å². The van der Waals surface area contributed by atoms with E-state index in [1.807, 2.05) is 6.07 Å². The van der Waals surface area contributed by atoms with Crippen LogP contribution in [0.5, 0.6) is 0 Å². The molecule has 1 aliphatic heterocycles. The van der Waals surface area contributed by atoms with Gasteiger partial charge in [-0.1, -0.05) is 33.3 Å². The average molecular weight is 292 g/mol. The Morgan fingerprint density at radius 1 is 1.38 bits per heavy atom. The van der Waals surface area contributed by atoms with E-state index in [4.69, 9.17) is 0 Å². The number of piperidine rings is 1. The number of rotatable bonds is 6. The van der Waals surface area contributed by atoms with Gasteiger partial charge in [-0.25, -0.2) is 4.39 Å². The summed E-state index contributed by atoms with van der Waals surface area (Å²) in [6.45, 7) is 10.3. The van der Waals surface area contributed by atoms with E-state index in [2.05, 4.69) is 37.1 Å². The summed E-state index contributed by atoms with van der Waals surface area (Å²) < 4.78 is 14.4. The molecule has 1 unspecified atom stereocenters. The topological polar surface area (TPSA) is 15.3 Å². The fourth-order valence-corrected chi connectivity index (χ4v) is 3.04. The lowest BCUT2D eigenvalue weighted by Crippen LogP contribution is -2.35. The van der Waals surface area contributed by atoms with Gasteiger partial charge in [0.1, 0.15) is 5.82 Å². The van der Waals surface area contributed by atoms with E-state index in [0.29, 0.717) is 11.8 Å². The summed E-state index contributed by atoms with van der Waals surface area (Å²) >= 11 is 0. The van der Waals surface area contributed by atoms with Gasteiger partial charge in [0.05, 0.1) is 5.69 Å². The predicted octanol–water partition coefficient (Wildman–Crippen LogP) is 4.20. The van der Waals surface area contributed by atoms with Gasteiger partial charge >= 0.3 is 0 Å². The Morgan fingerprint density at radius 2 is 2.19 bits per heavy atom. The maximum Gasteiger partial charge on any atom is 0.146 e. The van der Waals surface area contributed by atoms with E-state index < -0.39 is 0 Å². The van der Waals surface area contributed by atoms with Crippen molar-refractivity contribution in [1.82, 2.24) is 5.32 Å². The van der Waals surface area contributed by atoms with Gasteiger partial charge in [-0.05, 0) is 48.9 Å². The second-order valence-electron chi connectivity index (χ2n) is 6.67. The maximum atomic E-state index is 14.4. The summed E-state index contributed by atoms with van der Waals surface area (Å²) in [6, 6.07) is 5.71. The zero-order chi connectivity index (χ0) is 15.2. The van der Waals surface area contributed by atoms with Crippen LogP contribution in [0, 0.1) is 17.7 Å². The van der Waals surface area contributed by atoms with Crippen molar-refractivity contribution in [2.24, 2.45) is 11.8 Å². The van der Waals surface area contributed by atoms with Gasteiger partial charge in [-0.2, -0.15) is 0 Å². The van der Waals surface area contributed by atoms with Crippen molar-refractivity contribution < 1.29 is 4.39 Å². The van der Waals surface area contributed by atoms with Crippen molar-refractivity contribution in [2.75, 3.05) is 24.5 Å². The van der Waals surface area contributed by atoms with Crippen LogP contribution < -0.4 is 10.2 Å². The van der Waals surface area contributed by atoms with Crippen LogP contribution >= 0.6 is 0 Å². The lowest BCUT2D eigenvalue weighted by Gasteiger charge is -2.34. The molecule has 118 valence electrons. The smallest absolute Gasteiger partial charge is 0.146 e. The summed E-state index contributed by atoms with van der Waals surface area (Å²) in [5.41, 5.74) is 1.81. The highest BCUT2D eigenvalue weighted by atomic mass is 19.1. The minimum absolute atomic E-state index is 0.0735. The minimum Gasteiger partial charge on any atom is -0.369 e. The van der Waals surface area contributed by atoms with Gasteiger partial charge in [0, 0.05) is 19.6 Å². The molecule has 3 heteroatoms. The molecular weight excluding hydrogens is 263 g/mol. The highest BCUT2D eigenvalue weighted by Gasteiger charge is 2.20. The first-order valence-electron chi connectivity index (χ1n) is 8.34. The van der Waals surface area contributed by atoms with Crippen LogP contribution in [0.15, 0.2) is 18.2 Å². The van der Waals surface area contributed by atoms with Gasteiger partial charge in [-0.3, -0.25) is 0 Å². The molecule has 1 aromatic rings. The zero-order valence-corrected chi connectivity index (χ0v) is 13.7. The molecule has 0 aliphatic carbocycles. The van der Waals surface area contributed by atoms with Crippen molar-refractivity contribution in [3.05, 3.63) is 29.6 Å². The van der Waals surface area contributed by atoms with E-state index in [1.165, 1.54) is 19.3 Å². The molecule has 1 fully saturated rings. The molecule has 2 nitrogen and oxygen atoms in total. The number of nitrogens with zero attached hydrogens (tertiary/aromatic N) is 1. The minimum atomic E-state index is -0.0735. The summed E-state index contributed by atoms with van der Waals surface area (Å²) in [4.78, 5) is 2.22. The number of benzene rings is 1. The monoisotopic (exact) mass is 292 g/mol. The van der Waals surface area contributed by atoms with Crippen LogP contribution in [0.25, 0.3) is 0 Å². The average Bonchev–Trinajstić information content (AvgIpc) is 2.47. The van der Waals surface area contributed by atoms with Gasteiger partial charge in [0.2, 0.25) is 0 Å². The van der Waals surface area contributed by atoms with Gasteiger partial charge < -0.3 is 10.2 Å². The van der Waals surface area contributed by atoms with Crippen LogP contribution in [0.3, 0.4) is 0 Å². The highest BCUT2D eigenvalue weighted by molar-refractivity contribution is 5.49. The van der Waals surface area contributed by atoms with Crippen molar-refractivity contribution in [2.45, 2.75) is 46.6 Å². The molecule has 1 aliphatic rings. The third-order valence-electron chi connectivity index (χ3n) is 4.33. The lowest BCUT2D eigenvalue weighted by atomic mass is 9.95. The summed E-state index contributed by atoms with van der Waals surface area (Å²) in [5, 5.41) is 3.36. The van der Waals surface area contributed by atoms with Crippen LogP contribution in [-0.4, -0.2) is 19.6 Å². The predicted molar refractivity (Wildman–Crippen MR) is 88.2 cm³/mol. The summed E-state index contributed by atoms with van der Waals surface area (Å²) in [7, 11) is 0. The van der Waals surface area contributed by atoms with Crippen molar-refractivity contribution in [1.29, 1.82) is 0 Å². The Labute approximate surface area is 128 Å². The van der Waals surface area contributed by atoms with Crippen LogP contribution in [-0.2, 0) is 6.54 Å². The summed E-state index contributed by atoms with van der Waals surface area (Å²) in [6.07, 6.45) is 3.65. The molecule has 0 radical (unpaired) electrons. The molecule has 0 amide bonds. The molecule has 0 bridgehead atoms. The van der Waals surface area contributed by atoms with E-state index in [0.717, 1.165) is 37.4 Å². The number of hydrogen-bond acceptors (Lipinski definition) is 2. The second-order valence-corrected chi connectivity index (χ2v) is 6.67. The fraction of sp³-hybridized carbons (Fsp3) is 0.667. The molecule has 0 spiro atoms. The van der Waals surface area contributed by atoms with Crippen molar-refractivity contribution in [3.8, 4) is 0 Å². The van der Waals surface area contributed by atoms with E-state index in [-0.39, 0.29) is 5.82 Å². The zero-order valence-electron chi connectivity index (χ0n) is 13.7. The van der Waals surface area contributed by atoms with Gasteiger partial charge in [0.25, 0.3) is 0 Å². The number of hydrogen-bond donors (Lipinski definition) is 1. The Balaban J connectivity index is 1.98. The Morgan fingerprint density at radius 3 is 2.86 bits per heavy atom. The molecule has 1 aromatic carbocycles. The van der Waals surface area contributed by atoms with E-state index >= 15 is 0 Å². The van der Waals surface area contributed by atoms with E-state index in [9.17, 15) is 4.39 Å². The quantitative estimate of drug-likeness (QED) is 0.845. The molecule has 21 heavy (non-hydrogen) atoms. The largest absolute Gasteiger partial charge is 0.369 e. The normalized spacial score (nSPS) is 19.3. The molecule has 1 saturated heterocycles. The maximum absolute atomic E-state index is 14.4. The highest BCUT2D eigenvalue weighted by Crippen LogP contribution is 2.27. The summed E-state index contributed by atoms with van der Waals surface area (Å²) in [5.74, 6) is 1.26. The molecule has 1 heterocycles. The Bertz CT molecular complexity index is 445. The first-order chi connectivity index (χ1) is 10.1. The van der Waals surface area contributed by atoms with E-state index in [1.54, 1.807) is 6.07 Å². The number of halogens is 1. The third kappa shape index (κ3) is 4.70. The molecule has 0 aromatic heterocycles. The van der Waals surface area contributed by atoms with Gasteiger partial charge in [-0.15, -0.1) is 0 Å². The van der Waals surface area contributed by atoms with Crippen molar-refractivity contribution in [3.63, 3.8) is 0 Å². The third-order valence-corrected chi connectivity index (χ3v) is 4.33. The molecule has 1 N–H and O–H groups in total. The SMILES string of the molecule is CCC1CCCN(c2ccc(CNCC(C)C)cc2F)C1. The first kappa shape index (κ1) is 16.3. The molecular formula is C18H29FN2. The molecule has 0 saturated carbocycles. The second kappa shape index (κ2) is 7.79. The first-order valence-corrected chi connectivity index (χ1v) is 8.34. The van der Waals surface area contributed by atoms with Crippen LogP contribution in [0.2, 0.25) is 0 Å². The Kier molecular flexibility index (Phi) is 6.04. The lowest BCUT2D eigenvalue weighted by molar-refractivity contribution is 0.401. The fourth-order valence-electron chi connectivity index (χ4n) is 3.04. The Hall–Kier alpha value is -1.09. The van der Waals surface area contributed by atoms with Crippen LogP contribution in [0.4, 0.5) is 10.1 Å². The standard InChI is InChI=1S/C18H29FN2/c1-4-15-6-5-9-21(13-15)18-8-7-16(10-17(18)19)12-20-11-14(2)3/h7-8,10,14-15,20H,4-6,9,11-13H2,1-3H3. The van der Waals surface area contributed by atoms with Crippen molar-refractivity contribution >= 4 is 5.69 Å². The number of anilines is 1. The molecule has 1 atom stereocenters.